The van der Waals surface area contributed by atoms with Crippen molar-refractivity contribution >= 4 is 17.5 Å². The van der Waals surface area contributed by atoms with E-state index in [9.17, 15) is 22.8 Å². The fourth-order valence-corrected chi connectivity index (χ4v) is 2.27. The molecule has 0 saturated carbocycles. The molecular weight excluding hydrogens is 347 g/mol. The second-order valence-corrected chi connectivity index (χ2v) is 5.36. The summed E-state index contributed by atoms with van der Waals surface area (Å²) < 4.78 is 39.4. The maximum atomic E-state index is 12.8. The van der Waals surface area contributed by atoms with Crippen molar-refractivity contribution in [3.05, 3.63) is 83.9 Å². The van der Waals surface area contributed by atoms with Crippen LogP contribution in [0.3, 0.4) is 0 Å². The lowest BCUT2D eigenvalue weighted by Crippen LogP contribution is -2.14. The molecule has 0 aliphatic rings. The van der Waals surface area contributed by atoms with Crippen molar-refractivity contribution in [1.82, 2.24) is 9.55 Å². The van der Waals surface area contributed by atoms with Crippen LogP contribution in [-0.4, -0.2) is 21.4 Å². The maximum Gasteiger partial charge on any atom is 0.416 e. The van der Waals surface area contributed by atoms with E-state index in [1.165, 1.54) is 42.9 Å². The van der Waals surface area contributed by atoms with Crippen molar-refractivity contribution in [2.45, 2.75) is 6.18 Å². The quantitative estimate of drug-likeness (QED) is 0.773. The number of carbonyl (C=O) groups is 2. The molecule has 0 bridgehead atoms. The van der Waals surface area contributed by atoms with E-state index in [-0.39, 0.29) is 11.3 Å². The highest BCUT2D eigenvalue weighted by molar-refractivity contribution is 6.03. The maximum absolute atomic E-state index is 12.8. The second-order valence-electron chi connectivity index (χ2n) is 5.36. The number of carbonyl (C=O) groups excluding carboxylic acids is 2. The fraction of sp³-hybridized carbons (Fsp3) is 0.0556. The largest absolute Gasteiger partial charge is 0.416 e. The topological polar surface area (TPSA) is 64.0 Å². The summed E-state index contributed by atoms with van der Waals surface area (Å²) in [6.07, 6.45) is -0.383. The predicted molar refractivity (Wildman–Crippen MR) is 87.8 cm³/mol. The van der Waals surface area contributed by atoms with Gasteiger partial charge in [-0.3, -0.25) is 19.1 Å². The zero-order valence-corrected chi connectivity index (χ0v) is 13.2. The Bertz CT molecular complexity index is 950. The van der Waals surface area contributed by atoms with Gasteiger partial charge in [0.25, 0.3) is 11.8 Å². The SMILES string of the molecule is O=C(Nc1ccn(C(=O)c2cccc(C(F)(F)F)c2)c1)c1ccccn1. The van der Waals surface area contributed by atoms with Crippen LogP contribution in [-0.2, 0) is 6.18 Å². The van der Waals surface area contributed by atoms with Gasteiger partial charge in [-0.1, -0.05) is 12.1 Å². The summed E-state index contributed by atoms with van der Waals surface area (Å²) in [5, 5.41) is 2.57. The number of alkyl halides is 3. The standard InChI is InChI=1S/C18H12F3N3O2/c19-18(20,21)13-5-3-4-12(10-13)17(26)24-9-7-14(11-24)23-16(25)15-6-1-2-8-22-15/h1-11H,(H,23,25). The van der Waals surface area contributed by atoms with Gasteiger partial charge in [0.1, 0.15) is 5.69 Å². The number of hydrogen-bond donors (Lipinski definition) is 1. The molecule has 1 aromatic carbocycles. The Labute approximate surface area is 146 Å². The normalized spacial score (nSPS) is 11.2. The summed E-state index contributed by atoms with van der Waals surface area (Å²) in [6.45, 7) is 0. The van der Waals surface area contributed by atoms with Gasteiger partial charge in [0, 0.05) is 24.2 Å². The first-order valence-corrected chi connectivity index (χ1v) is 7.47. The highest BCUT2D eigenvalue weighted by Gasteiger charge is 2.31. The van der Waals surface area contributed by atoms with Crippen LogP contribution in [0.15, 0.2) is 67.1 Å². The molecule has 3 aromatic rings. The number of hydrogen-bond acceptors (Lipinski definition) is 3. The molecule has 0 aliphatic heterocycles. The lowest BCUT2D eigenvalue weighted by molar-refractivity contribution is -0.137. The summed E-state index contributed by atoms with van der Waals surface area (Å²) in [5.74, 6) is -1.11. The lowest BCUT2D eigenvalue weighted by Gasteiger charge is -2.08. The number of rotatable bonds is 3. The van der Waals surface area contributed by atoms with Crippen molar-refractivity contribution in [3.8, 4) is 0 Å². The second kappa shape index (κ2) is 6.83. The van der Waals surface area contributed by atoms with Crippen LogP contribution >= 0.6 is 0 Å². The molecule has 1 amide bonds. The number of halogens is 3. The van der Waals surface area contributed by atoms with Crippen LogP contribution < -0.4 is 5.32 Å². The Morgan fingerprint density at radius 3 is 2.54 bits per heavy atom. The molecule has 0 radical (unpaired) electrons. The monoisotopic (exact) mass is 359 g/mol. The number of benzene rings is 1. The van der Waals surface area contributed by atoms with Gasteiger partial charge < -0.3 is 5.32 Å². The minimum atomic E-state index is -4.53. The van der Waals surface area contributed by atoms with Gasteiger partial charge in [0.05, 0.1) is 11.3 Å². The van der Waals surface area contributed by atoms with E-state index in [0.29, 0.717) is 5.69 Å². The van der Waals surface area contributed by atoms with E-state index >= 15 is 0 Å². The third kappa shape index (κ3) is 3.80. The van der Waals surface area contributed by atoms with Crippen molar-refractivity contribution < 1.29 is 22.8 Å². The smallest absolute Gasteiger partial charge is 0.319 e. The molecule has 1 N–H and O–H groups in total. The van der Waals surface area contributed by atoms with Crippen molar-refractivity contribution in [1.29, 1.82) is 0 Å². The number of nitrogens with zero attached hydrogens (tertiary/aromatic N) is 2. The Morgan fingerprint density at radius 2 is 1.85 bits per heavy atom. The van der Waals surface area contributed by atoms with E-state index in [4.69, 9.17) is 0 Å². The predicted octanol–water partition coefficient (Wildman–Crippen LogP) is 3.84. The molecule has 8 heteroatoms. The van der Waals surface area contributed by atoms with Gasteiger partial charge in [-0.25, -0.2) is 0 Å². The average molecular weight is 359 g/mol. The van der Waals surface area contributed by atoms with E-state index in [1.54, 1.807) is 12.1 Å². The van der Waals surface area contributed by atoms with Crippen molar-refractivity contribution in [3.63, 3.8) is 0 Å². The minimum Gasteiger partial charge on any atom is -0.319 e. The van der Waals surface area contributed by atoms with E-state index in [2.05, 4.69) is 10.3 Å². The molecule has 0 aliphatic carbocycles. The molecule has 132 valence electrons. The first-order chi connectivity index (χ1) is 12.3. The number of amides is 1. The van der Waals surface area contributed by atoms with Crippen LogP contribution in [0.4, 0.5) is 18.9 Å². The van der Waals surface area contributed by atoms with Crippen LogP contribution in [0, 0.1) is 0 Å². The Morgan fingerprint density at radius 1 is 1.04 bits per heavy atom. The highest BCUT2D eigenvalue weighted by Crippen LogP contribution is 2.29. The highest BCUT2D eigenvalue weighted by atomic mass is 19.4. The molecule has 5 nitrogen and oxygen atoms in total. The Hall–Kier alpha value is -3.42. The van der Waals surface area contributed by atoms with Gasteiger partial charge in [-0.15, -0.1) is 0 Å². The molecule has 0 fully saturated rings. The van der Waals surface area contributed by atoms with Crippen LogP contribution in [0.25, 0.3) is 0 Å². The molecular formula is C18H12F3N3O2. The van der Waals surface area contributed by atoms with Gasteiger partial charge in [-0.2, -0.15) is 13.2 Å². The van der Waals surface area contributed by atoms with E-state index in [1.807, 2.05) is 0 Å². The van der Waals surface area contributed by atoms with Crippen LogP contribution in [0.1, 0.15) is 26.4 Å². The molecule has 0 atom stereocenters. The molecule has 0 spiro atoms. The molecule has 0 saturated heterocycles. The number of pyridine rings is 1. The summed E-state index contributed by atoms with van der Waals surface area (Å²) in [5.41, 5.74) is -0.498. The molecule has 3 rings (SSSR count). The van der Waals surface area contributed by atoms with Gasteiger partial charge in [0.15, 0.2) is 0 Å². The third-order valence-corrected chi connectivity index (χ3v) is 3.52. The van der Waals surface area contributed by atoms with Crippen molar-refractivity contribution in [2.75, 3.05) is 5.32 Å². The third-order valence-electron chi connectivity index (χ3n) is 3.52. The van der Waals surface area contributed by atoms with Gasteiger partial charge in [-0.05, 0) is 36.4 Å². The van der Waals surface area contributed by atoms with Gasteiger partial charge >= 0.3 is 6.18 Å². The fourth-order valence-electron chi connectivity index (χ4n) is 2.27. The van der Waals surface area contributed by atoms with Crippen LogP contribution in [0.2, 0.25) is 0 Å². The summed E-state index contributed by atoms with van der Waals surface area (Å²) in [4.78, 5) is 28.3. The minimum absolute atomic E-state index is 0.113. The Kier molecular flexibility index (Phi) is 4.57. The summed E-state index contributed by atoms with van der Waals surface area (Å²) >= 11 is 0. The first-order valence-electron chi connectivity index (χ1n) is 7.47. The first kappa shape index (κ1) is 17.4. The zero-order chi connectivity index (χ0) is 18.7. The van der Waals surface area contributed by atoms with Crippen molar-refractivity contribution in [2.24, 2.45) is 0 Å². The Balaban J connectivity index is 1.77. The number of nitrogens with one attached hydrogen (secondary N) is 1. The van der Waals surface area contributed by atoms with E-state index in [0.717, 1.165) is 16.7 Å². The van der Waals surface area contributed by atoms with Gasteiger partial charge in [0.2, 0.25) is 0 Å². The summed E-state index contributed by atoms with van der Waals surface area (Å²) in [7, 11) is 0. The lowest BCUT2D eigenvalue weighted by atomic mass is 10.1. The molecule has 0 unspecified atom stereocenters. The van der Waals surface area contributed by atoms with E-state index < -0.39 is 23.6 Å². The summed E-state index contributed by atoms with van der Waals surface area (Å²) in [6, 6.07) is 10.5. The molecule has 2 heterocycles. The molecule has 26 heavy (non-hydrogen) atoms. The number of anilines is 1. The van der Waals surface area contributed by atoms with Crippen LogP contribution in [0.5, 0.6) is 0 Å². The average Bonchev–Trinajstić information content (AvgIpc) is 3.09. The zero-order valence-electron chi connectivity index (χ0n) is 13.2. The number of aromatic nitrogens is 2. The molecule has 2 aromatic heterocycles.